The van der Waals surface area contributed by atoms with E-state index in [9.17, 15) is 4.79 Å². The van der Waals surface area contributed by atoms with Gasteiger partial charge < -0.3 is 20.7 Å². The minimum Gasteiger partial charge on any atom is -0.376 e. The average molecular weight is 488 g/mol. The molecule has 0 saturated heterocycles. The molecule has 0 radical (unpaired) electrons. The predicted molar refractivity (Wildman–Crippen MR) is 120 cm³/mol. The fourth-order valence-electron chi connectivity index (χ4n) is 2.45. The van der Waals surface area contributed by atoms with Crippen molar-refractivity contribution in [3.8, 4) is 0 Å². The number of carbonyl (C=O) groups is 1. The van der Waals surface area contributed by atoms with E-state index in [-0.39, 0.29) is 35.8 Å². The van der Waals surface area contributed by atoms with Crippen molar-refractivity contribution in [3.63, 3.8) is 0 Å². The number of amides is 1. The standard InChI is InChI=1S/C20H32N4O2.HI/c1-3-21-20(23-12-11-22-19(25)18-9-10-18)24-13-16(2)14-26-15-17-7-5-4-6-8-17;/h4-8,16,18H,3,9-15H2,1-2H3,(H,22,25)(H2,21,23,24);1H. The Morgan fingerprint density at radius 3 is 2.56 bits per heavy atom. The van der Waals surface area contributed by atoms with Gasteiger partial charge in [0.1, 0.15) is 0 Å². The number of carbonyl (C=O) groups excluding carboxylic acids is 1. The van der Waals surface area contributed by atoms with Crippen LogP contribution in [0.5, 0.6) is 0 Å². The Balaban J connectivity index is 0.00000364. The molecule has 2 rings (SSSR count). The number of hydrogen-bond acceptors (Lipinski definition) is 3. The third-order valence-corrected chi connectivity index (χ3v) is 4.08. The van der Waals surface area contributed by atoms with Gasteiger partial charge in [-0.2, -0.15) is 0 Å². The molecule has 1 unspecified atom stereocenters. The van der Waals surface area contributed by atoms with Crippen LogP contribution in [-0.2, 0) is 16.1 Å². The topological polar surface area (TPSA) is 74.8 Å². The molecule has 1 aromatic carbocycles. The molecule has 6 nitrogen and oxygen atoms in total. The molecule has 0 spiro atoms. The molecule has 1 saturated carbocycles. The van der Waals surface area contributed by atoms with Gasteiger partial charge in [-0.25, -0.2) is 0 Å². The van der Waals surface area contributed by atoms with E-state index in [2.05, 4.69) is 40.0 Å². The normalized spacial score (nSPS) is 14.8. The van der Waals surface area contributed by atoms with E-state index in [0.717, 1.165) is 25.3 Å². The molecule has 1 fully saturated rings. The van der Waals surface area contributed by atoms with Gasteiger partial charge in [0.15, 0.2) is 5.96 Å². The van der Waals surface area contributed by atoms with E-state index in [0.29, 0.717) is 38.8 Å². The summed E-state index contributed by atoms with van der Waals surface area (Å²) in [5.74, 6) is 1.55. The highest BCUT2D eigenvalue weighted by Gasteiger charge is 2.28. The lowest BCUT2D eigenvalue weighted by molar-refractivity contribution is -0.122. The Morgan fingerprint density at radius 2 is 1.89 bits per heavy atom. The minimum atomic E-state index is 0. The highest BCUT2D eigenvalue weighted by molar-refractivity contribution is 14.0. The summed E-state index contributed by atoms with van der Waals surface area (Å²) in [4.78, 5) is 16.2. The lowest BCUT2D eigenvalue weighted by Gasteiger charge is -2.14. The largest absolute Gasteiger partial charge is 0.376 e. The zero-order valence-corrected chi connectivity index (χ0v) is 18.7. The summed E-state index contributed by atoms with van der Waals surface area (Å²) in [6.45, 7) is 8.27. The minimum absolute atomic E-state index is 0. The Morgan fingerprint density at radius 1 is 1.19 bits per heavy atom. The van der Waals surface area contributed by atoms with E-state index < -0.39 is 0 Å². The first-order valence-corrected chi connectivity index (χ1v) is 9.60. The van der Waals surface area contributed by atoms with Gasteiger partial charge in [0.25, 0.3) is 0 Å². The van der Waals surface area contributed by atoms with E-state index in [1.807, 2.05) is 25.1 Å². The molecule has 3 N–H and O–H groups in total. The Kier molecular flexibility index (Phi) is 12.1. The molecule has 0 aliphatic heterocycles. The number of rotatable bonds is 11. The number of hydrogen-bond donors (Lipinski definition) is 3. The van der Waals surface area contributed by atoms with E-state index >= 15 is 0 Å². The van der Waals surface area contributed by atoms with Crippen LogP contribution >= 0.6 is 24.0 Å². The van der Waals surface area contributed by atoms with Crippen LogP contribution in [0, 0.1) is 11.8 Å². The van der Waals surface area contributed by atoms with Crippen molar-refractivity contribution in [3.05, 3.63) is 35.9 Å². The first-order chi connectivity index (χ1) is 12.7. The van der Waals surface area contributed by atoms with Gasteiger partial charge in [-0.1, -0.05) is 37.3 Å². The molecule has 7 heteroatoms. The zero-order chi connectivity index (χ0) is 18.6. The van der Waals surface area contributed by atoms with Crippen molar-refractivity contribution in [1.82, 2.24) is 16.0 Å². The maximum absolute atomic E-state index is 11.6. The average Bonchev–Trinajstić information content (AvgIpc) is 3.49. The zero-order valence-electron chi connectivity index (χ0n) is 16.4. The number of benzene rings is 1. The number of aliphatic imine (C=N–C) groups is 1. The molecule has 0 heterocycles. The second-order valence-electron chi connectivity index (χ2n) is 6.82. The van der Waals surface area contributed by atoms with Crippen LogP contribution in [0.15, 0.2) is 35.3 Å². The van der Waals surface area contributed by atoms with Crippen LogP contribution in [-0.4, -0.2) is 44.7 Å². The van der Waals surface area contributed by atoms with Crippen LogP contribution in [0.4, 0.5) is 0 Å². The number of nitrogens with zero attached hydrogens (tertiary/aromatic N) is 1. The lowest BCUT2D eigenvalue weighted by Crippen LogP contribution is -2.42. The summed E-state index contributed by atoms with van der Waals surface area (Å²) in [7, 11) is 0. The van der Waals surface area contributed by atoms with Crippen LogP contribution in [0.2, 0.25) is 0 Å². The number of guanidine groups is 1. The Bertz CT molecular complexity index is 564. The highest BCUT2D eigenvalue weighted by Crippen LogP contribution is 2.28. The maximum atomic E-state index is 11.6. The molecule has 1 amide bonds. The van der Waals surface area contributed by atoms with Gasteiger partial charge >= 0.3 is 0 Å². The quantitative estimate of drug-likeness (QED) is 0.194. The third kappa shape index (κ3) is 10.5. The van der Waals surface area contributed by atoms with Gasteiger partial charge in [0.05, 0.1) is 13.2 Å². The predicted octanol–water partition coefficient (Wildman–Crippen LogP) is 2.54. The van der Waals surface area contributed by atoms with Crippen molar-refractivity contribution in [2.24, 2.45) is 16.8 Å². The summed E-state index contributed by atoms with van der Waals surface area (Å²) in [5, 5.41) is 9.43. The van der Waals surface area contributed by atoms with Gasteiger partial charge in [-0.05, 0) is 31.2 Å². The third-order valence-electron chi connectivity index (χ3n) is 4.08. The fraction of sp³-hybridized carbons (Fsp3) is 0.600. The monoisotopic (exact) mass is 488 g/mol. The summed E-state index contributed by atoms with van der Waals surface area (Å²) in [5.41, 5.74) is 1.19. The molecular formula is C20H33IN4O2. The van der Waals surface area contributed by atoms with Gasteiger partial charge in [0.2, 0.25) is 5.91 Å². The summed E-state index contributed by atoms with van der Waals surface area (Å²) in [6, 6.07) is 10.2. The van der Waals surface area contributed by atoms with Gasteiger partial charge in [-0.3, -0.25) is 9.79 Å². The van der Waals surface area contributed by atoms with Crippen LogP contribution in [0.25, 0.3) is 0 Å². The van der Waals surface area contributed by atoms with Gasteiger partial charge in [-0.15, -0.1) is 24.0 Å². The number of halogens is 1. The summed E-state index contributed by atoms with van der Waals surface area (Å²) >= 11 is 0. The van der Waals surface area contributed by atoms with Crippen molar-refractivity contribution in [2.75, 3.05) is 32.8 Å². The number of ether oxygens (including phenoxy) is 1. The van der Waals surface area contributed by atoms with E-state index in [4.69, 9.17) is 4.74 Å². The second-order valence-corrected chi connectivity index (χ2v) is 6.82. The molecule has 0 aromatic heterocycles. The molecular weight excluding hydrogens is 455 g/mol. The highest BCUT2D eigenvalue weighted by atomic mass is 127. The lowest BCUT2D eigenvalue weighted by atomic mass is 10.2. The van der Waals surface area contributed by atoms with Crippen LogP contribution in [0.3, 0.4) is 0 Å². The molecule has 1 aliphatic carbocycles. The maximum Gasteiger partial charge on any atom is 0.223 e. The van der Waals surface area contributed by atoms with Crippen LogP contribution in [0.1, 0.15) is 32.3 Å². The first kappa shape index (κ1) is 23.7. The van der Waals surface area contributed by atoms with Crippen molar-refractivity contribution in [1.29, 1.82) is 0 Å². The SMILES string of the molecule is CCNC(=NCC(C)COCc1ccccc1)NCCNC(=O)C1CC1.I. The van der Waals surface area contributed by atoms with Crippen molar-refractivity contribution >= 4 is 35.8 Å². The van der Waals surface area contributed by atoms with Gasteiger partial charge in [0, 0.05) is 32.1 Å². The second kappa shape index (κ2) is 13.8. The Hall–Kier alpha value is -1.35. The van der Waals surface area contributed by atoms with Crippen LogP contribution < -0.4 is 16.0 Å². The molecule has 0 bridgehead atoms. The summed E-state index contributed by atoms with van der Waals surface area (Å²) < 4.78 is 5.77. The Labute approximate surface area is 179 Å². The first-order valence-electron chi connectivity index (χ1n) is 9.60. The van der Waals surface area contributed by atoms with Crippen molar-refractivity contribution in [2.45, 2.75) is 33.3 Å². The van der Waals surface area contributed by atoms with Crippen molar-refractivity contribution < 1.29 is 9.53 Å². The van der Waals surface area contributed by atoms with E-state index in [1.54, 1.807) is 0 Å². The molecule has 1 aromatic rings. The summed E-state index contributed by atoms with van der Waals surface area (Å²) in [6.07, 6.45) is 2.07. The molecule has 152 valence electrons. The number of nitrogens with one attached hydrogen (secondary N) is 3. The smallest absolute Gasteiger partial charge is 0.223 e. The molecule has 27 heavy (non-hydrogen) atoms. The molecule has 1 atom stereocenters. The fourth-order valence-corrected chi connectivity index (χ4v) is 2.45. The molecule has 1 aliphatic rings. The van der Waals surface area contributed by atoms with E-state index in [1.165, 1.54) is 5.56 Å².